The Balaban J connectivity index is 2.44. The molecule has 0 saturated carbocycles. The van der Waals surface area contributed by atoms with Gasteiger partial charge in [0.2, 0.25) is 5.91 Å². The fourth-order valence-corrected chi connectivity index (χ4v) is 2.12. The minimum Gasteiger partial charge on any atom is -0.341 e. The molecule has 1 fully saturated rings. The van der Waals surface area contributed by atoms with E-state index in [-0.39, 0.29) is 11.7 Å². The Labute approximate surface area is 104 Å². The van der Waals surface area contributed by atoms with E-state index in [4.69, 9.17) is 0 Å². The number of carbonyl (C=O) groups is 2. The lowest BCUT2D eigenvalue weighted by Crippen LogP contribution is -2.46. The summed E-state index contributed by atoms with van der Waals surface area (Å²) in [5.41, 5.74) is 0. The summed E-state index contributed by atoms with van der Waals surface area (Å²) in [4.78, 5) is 27.2. The molecule has 0 aromatic carbocycles. The summed E-state index contributed by atoms with van der Waals surface area (Å²) in [6.07, 6.45) is 2.11. The fraction of sp³-hybridized carbons (Fsp3) is 0.846. The summed E-state index contributed by atoms with van der Waals surface area (Å²) >= 11 is 0. The molecular weight excluding hydrogens is 216 g/mol. The number of Topliss-reactive ketones (excluding diaryl/α,β-unsaturated/α-hetero) is 1. The van der Waals surface area contributed by atoms with E-state index < -0.39 is 0 Å². The van der Waals surface area contributed by atoms with E-state index in [0.717, 1.165) is 13.0 Å². The molecule has 1 saturated heterocycles. The lowest BCUT2D eigenvalue weighted by Gasteiger charge is -2.31. The van der Waals surface area contributed by atoms with Crippen LogP contribution in [0.15, 0.2) is 0 Å². The molecule has 98 valence electrons. The molecule has 0 aliphatic carbocycles. The highest BCUT2D eigenvalue weighted by Gasteiger charge is 2.23. The highest BCUT2D eigenvalue weighted by molar-refractivity contribution is 5.84. The Morgan fingerprint density at radius 3 is 2.41 bits per heavy atom. The monoisotopic (exact) mass is 240 g/mol. The predicted molar refractivity (Wildman–Crippen MR) is 67.8 cm³/mol. The van der Waals surface area contributed by atoms with Crippen LogP contribution in [0.2, 0.25) is 0 Å². The Morgan fingerprint density at radius 1 is 1.35 bits per heavy atom. The summed E-state index contributed by atoms with van der Waals surface area (Å²) in [7, 11) is 0. The third kappa shape index (κ3) is 4.11. The van der Waals surface area contributed by atoms with E-state index in [1.165, 1.54) is 0 Å². The zero-order chi connectivity index (χ0) is 12.8. The maximum atomic E-state index is 12.1. The van der Waals surface area contributed by atoms with E-state index in [2.05, 4.69) is 25.7 Å². The molecule has 1 aliphatic rings. The number of likely N-dealkylation sites (tertiary alicyclic amines) is 1. The van der Waals surface area contributed by atoms with E-state index in [9.17, 15) is 9.59 Å². The predicted octanol–water partition coefficient (Wildman–Crippen LogP) is 1.30. The molecule has 1 aliphatic heterocycles. The molecule has 4 nitrogen and oxygen atoms in total. The SMILES string of the molecule is CCC(C)N(CC)CC(=O)N1CCC(=O)CC1. The van der Waals surface area contributed by atoms with E-state index in [0.29, 0.717) is 38.5 Å². The van der Waals surface area contributed by atoms with Crippen LogP contribution >= 0.6 is 0 Å². The lowest BCUT2D eigenvalue weighted by molar-refractivity contribution is -0.136. The van der Waals surface area contributed by atoms with Gasteiger partial charge in [-0.05, 0) is 19.9 Å². The molecule has 1 rings (SSSR count). The van der Waals surface area contributed by atoms with Gasteiger partial charge < -0.3 is 4.90 Å². The average Bonchev–Trinajstić information content (AvgIpc) is 2.35. The van der Waals surface area contributed by atoms with Crippen molar-refractivity contribution in [3.05, 3.63) is 0 Å². The molecule has 0 bridgehead atoms. The van der Waals surface area contributed by atoms with Gasteiger partial charge in [0, 0.05) is 32.0 Å². The third-order valence-electron chi connectivity index (χ3n) is 3.63. The van der Waals surface area contributed by atoms with Gasteiger partial charge >= 0.3 is 0 Å². The molecule has 4 heteroatoms. The van der Waals surface area contributed by atoms with Crippen molar-refractivity contribution in [3.8, 4) is 0 Å². The van der Waals surface area contributed by atoms with Gasteiger partial charge in [-0.15, -0.1) is 0 Å². The number of hydrogen-bond donors (Lipinski definition) is 0. The average molecular weight is 240 g/mol. The maximum Gasteiger partial charge on any atom is 0.236 e. The largest absolute Gasteiger partial charge is 0.341 e. The summed E-state index contributed by atoms with van der Waals surface area (Å²) < 4.78 is 0. The van der Waals surface area contributed by atoms with Crippen LogP contribution in [-0.4, -0.2) is 53.7 Å². The Hall–Kier alpha value is -0.900. The number of rotatable bonds is 5. The second-order valence-corrected chi connectivity index (χ2v) is 4.74. The number of nitrogens with zero attached hydrogens (tertiary/aromatic N) is 2. The maximum absolute atomic E-state index is 12.1. The zero-order valence-electron chi connectivity index (χ0n) is 11.2. The van der Waals surface area contributed by atoms with Crippen LogP contribution in [0.4, 0.5) is 0 Å². The number of piperidine rings is 1. The number of amides is 1. The highest BCUT2D eigenvalue weighted by Crippen LogP contribution is 2.08. The first kappa shape index (κ1) is 14.2. The summed E-state index contributed by atoms with van der Waals surface area (Å²) in [6.45, 7) is 8.96. The van der Waals surface area contributed by atoms with Crippen molar-refractivity contribution in [1.82, 2.24) is 9.80 Å². The molecule has 17 heavy (non-hydrogen) atoms. The van der Waals surface area contributed by atoms with Crippen LogP contribution in [0.5, 0.6) is 0 Å². The van der Waals surface area contributed by atoms with Crippen molar-refractivity contribution in [2.24, 2.45) is 0 Å². The highest BCUT2D eigenvalue weighted by atomic mass is 16.2. The molecule has 1 amide bonds. The van der Waals surface area contributed by atoms with E-state index >= 15 is 0 Å². The molecule has 0 spiro atoms. The Kier molecular flexibility index (Phi) is 5.62. The molecule has 0 radical (unpaired) electrons. The molecule has 0 aromatic rings. The van der Waals surface area contributed by atoms with Gasteiger partial charge in [0.1, 0.15) is 5.78 Å². The van der Waals surface area contributed by atoms with Crippen molar-refractivity contribution in [1.29, 1.82) is 0 Å². The molecular formula is C13H24N2O2. The van der Waals surface area contributed by atoms with Crippen molar-refractivity contribution in [3.63, 3.8) is 0 Å². The van der Waals surface area contributed by atoms with Gasteiger partial charge in [-0.2, -0.15) is 0 Å². The van der Waals surface area contributed by atoms with Gasteiger partial charge in [0.25, 0.3) is 0 Å². The van der Waals surface area contributed by atoms with Gasteiger partial charge in [0.15, 0.2) is 0 Å². The van der Waals surface area contributed by atoms with Crippen LogP contribution in [-0.2, 0) is 9.59 Å². The normalized spacial score (nSPS) is 18.6. The third-order valence-corrected chi connectivity index (χ3v) is 3.63. The van der Waals surface area contributed by atoms with Crippen molar-refractivity contribution in [2.75, 3.05) is 26.2 Å². The summed E-state index contributed by atoms with van der Waals surface area (Å²) in [5.74, 6) is 0.447. The number of ketones is 1. The van der Waals surface area contributed by atoms with Crippen LogP contribution in [0, 0.1) is 0 Å². The minimum absolute atomic E-state index is 0.166. The van der Waals surface area contributed by atoms with Gasteiger partial charge in [0.05, 0.1) is 6.54 Å². The summed E-state index contributed by atoms with van der Waals surface area (Å²) in [6, 6.07) is 0.440. The summed E-state index contributed by atoms with van der Waals surface area (Å²) in [5, 5.41) is 0. The van der Waals surface area contributed by atoms with Gasteiger partial charge in [-0.3, -0.25) is 14.5 Å². The van der Waals surface area contributed by atoms with Crippen molar-refractivity contribution in [2.45, 2.75) is 46.1 Å². The smallest absolute Gasteiger partial charge is 0.236 e. The van der Waals surface area contributed by atoms with Crippen molar-refractivity contribution < 1.29 is 9.59 Å². The van der Waals surface area contributed by atoms with Crippen molar-refractivity contribution >= 4 is 11.7 Å². The Morgan fingerprint density at radius 2 is 1.94 bits per heavy atom. The quantitative estimate of drug-likeness (QED) is 0.727. The molecule has 0 N–H and O–H groups in total. The van der Waals surface area contributed by atoms with E-state index in [1.54, 1.807) is 0 Å². The van der Waals surface area contributed by atoms with Gasteiger partial charge in [-0.25, -0.2) is 0 Å². The van der Waals surface area contributed by atoms with Crippen LogP contribution in [0.3, 0.4) is 0 Å². The topological polar surface area (TPSA) is 40.6 Å². The second-order valence-electron chi connectivity index (χ2n) is 4.74. The Bertz CT molecular complexity index is 269. The minimum atomic E-state index is 0.166. The first-order valence-corrected chi connectivity index (χ1v) is 6.62. The van der Waals surface area contributed by atoms with Crippen LogP contribution < -0.4 is 0 Å². The van der Waals surface area contributed by atoms with E-state index in [1.807, 2.05) is 4.90 Å². The number of carbonyl (C=O) groups excluding carboxylic acids is 2. The first-order valence-electron chi connectivity index (χ1n) is 6.62. The molecule has 0 aromatic heterocycles. The lowest BCUT2D eigenvalue weighted by atomic mass is 10.1. The second kappa shape index (κ2) is 6.74. The first-order chi connectivity index (χ1) is 8.08. The standard InChI is InChI=1S/C13H24N2O2/c1-4-11(3)14(5-2)10-13(17)15-8-6-12(16)7-9-15/h11H,4-10H2,1-3H3. The number of hydrogen-bond acceptors (Lipinski definition) is 3. The zero-order valence-corrected chi connectivity index (χ0v) is 11.2. The molecule has 1 unspecified atom stereocenters. The van der Waals surface area contributed by atoms with Gasteiger partial charge in [-0.1, -0.05) is 13.8 Å². The number of likely N-dealkylation sites (N-methyl/N-ethyl adjacent to an activating group) is 1. The van der Waals surface area contributed by atoms with Crippen LogP contribution in [0.25, 0.3) is 0 Å². The van der Waals surface area contributed by atoms with Crippen LogP contribution in [0.1, 0.15) is 40.0 Å². The fourth-order valence-electron chi connectivity index (χ4n) is 2.12. The molecule has 1 heterocycles. The molecule has 1 atom stereocenters.